The number of fused-ring (bicyclic) bond motifs is 3. The number of aromatic nitrogens is 1. The third kappa shape index (κ3) is 6.02. The van der Waals surface area contributed by atoms with Gasteiger partial charge in [-0.15, -0.1) is 0 Å². The fourth-order valence-electron chi connectivity index (χ4n) is 8.61. The van der Waals surface area contributed by atoms with E-state index < -0.39 is 0 Å². The van der Waals surface area contributed by atoms with Gasteiger partial charge in [-0.25, -0.2) is 0 Å². The second-order valence-electron chi connectivity index (χ2n) is 14.5. The van der Waals surface area contributed by atoms with Crippen molar-refractivity contribution in [2.75, 3.05) is 4.90 Å². The first-order valence-electron chi connectivity index (χ1n) is 19.5. The summed E-state index contributed by atoms with van der Waals surface area (Å²) >= 11 is 0. The second-order valence-corrected chi connectivity index (χ2v) is 14.5. The Hall–Kier alpha value is -7.16. The molecule has 8 aromatic carbocycles. The van der Waals surface area contributed by atoms with Crippen LogP contribution in [0.25, 0.3) is 56.0 Å². The maximum absolute atomic E-state index is 2.47. The lowest BCUT2D eigenvalue weighted by Crippen LogP contribution is -2.13. The summed E-state index contributed by atoms with van der Waals surface area (Å²) in [4.78, 5) is 2.47. The molecule has 2 heteroatoms. The van der Waals surface area contributed by atoms with Crippen LogP contribution in [0.1, 0.15) is 29.2 Å². The Morgan fingerprint density at radius 1 is 0.446 bits per heavy atom. The van der Waals surface area contributed by atoms with Gasteiger partial charge in [-0.05, 0) is 88.3 Å². The molecule has 0 aliphatic heterocycles. The van der Waals surface area contributed by atoms with Crippen molar-refractivity contribution in [1.82, 2.24) is 4.57 Å². The standard InChI is InChI=1S/C54H40N2/c1-5-19-39(20-6-1)42-35-36-49-53(38-42)55(44-26-11-4-12-27-44)52-34-18-31-48(54(49)52)43-25-17-28-45(37-43)56(50-32-15-13-29-46(50)40-21-7-2-8-22-40)51-33-16-14-30-47(51)41-23-9-3-10-24-41/h1-30,32-38,48H,31H2. The number of hydrogen-bond donors (Lipinski definition) is 0. The summed E-state index contributed by atoms with van der Waals surface area (Å²) in [5, 5.41) is 1.30. The lowest BCUT2D eigenvalue weighted by atomic mass is 9.83. The van der Waals surface area contributed by atoms with Gasteiger partial charge < -0.3 is 9.47 Å². The maximum atomic E-state index is 2.47. The molecule has 0 N–H and O–H groups in total. The van der Waals surface area contributed by atoms with E-state index in [2.05, 4.69) is 234 Å². The number of benzene rings is 8. The largest absolute Gasteiger partial charge is 0.310 e. The van der Waals surface area contributed by atoms with E-state index in [1.807, 2.05) is 0 Å². The lowest BCUT2D eigenvalue weighted by Gasteiger charge is -2.31. The van der Waals surface area contributed by atoms with Gasteiger partial charge in [0.25, 0.3) is 0 Å². The topological polar surface area (TPSA) is 8.17 Å². The van der Waals surface area contributed by atoms with Crippen molar-refractivity contribution in [2.45, 2.75) is 12.3 Å². The summed E-state index contributed by atoms with van der Waals surface area (Å²) in [5.41, 5.74) is 16.9. The minimum absolute atomic E-state index is 0.167. The molecule has 1 aliphatic rings. The third-order valence-electron chi connectivity index (χ3n) is 11.2. The van der Waals surface area contributed by atoms with E-state index in [0.717, 1.165) is 23.5 Å². The summed E-state index contributed by atoms with van der Waals surface area (Å²) in [7, 11) is 0. The van der Waals surface area contributed by atoms with Crippen molar-refractivity contribution < 1.29 is 0 Å². The zero-order chi connectivity index (χ0) is 37.3. The molecule has 266 valence electrons. The van der Waals surface area contributed by atoms with Gasteiger partial charge in [0.2, 0.25) is 0 Å². The smallest absolute Gasteiger partial charge is 0.0544 e. The van der Waals surface area contributed by atoms with Crippen molar-refractivity contribution >= 4 is 34.0 Å². The first-order valence-corrected chi connectivity index (χ1v) is 19.5. The Morgan fingerprint density at radius 3 is 1.62 bits per heavy atom. The minimum atomic E-state index is 0.167. The monoisotopic (exact) mass is 716 g/mol. The number of allylic oxidation sites excluding steroid dienone is 1. The Bertz CT molecular complexity index is 2730. The highest BCUT2D eigenvalue weighted by molar-refractivity contribution is 5.96. The van der Waals surface area contributed by atoms with Crippen LogP contribution in [0, 0.1) is 0 Å². The summed E-state index contributed by atoms with van der Waals surface area (Å²) in [6.07, 6.45) is 5.62. The molecule has 1 aromatic heterocycles. The van der Waals surface area contributed by atoms with Gasteiger partial charge in [0, 0.05) is 33.8 Å². The molecule has 0 saturated carbocycles. The van der Waals surface area contributed by atoms with E-state index in [0.29, 0.717) is 0 Å². The molecular formula is C54H40N2. The number of rotatable bonds is 8. The van der Waals surface area contributed by atoms with Crippen molar-refractivity contribution in [2.24, 2.45) is 0 Å². The molecule has 0 bridgehead atoms. The number of anilines is 3. The molecule has 0 saturated heterocycles. The molecular weight excluding hydrogens is 677 g/mol. The molecule has 9 aromatic rings. The van der Waals surface area contributed by atoms with Crippen molar-refractivity contribution in [3.8, 4) is 39.1 Å². The van der Waals surface area contributed by atoms with Crippen LogP contribution in [0.15, 0.2) is 218 Å². The van der Waals surface area contributed by atoms with Crippen LogP contribution in [-0.2, 0) is 0 Å². The van der Waals surface area contributed by atoms with E-state index in [1.54, 1.807) is 0 Å². The Morgan fingerprint density at radius 2 is 1.00 bits per heavy atom. The molecule has 1 unspecified atom stereocenters. The van der Waals surface area contributed by atoms with Crippen LogP contribution in [-0.4, -0.2) is 4.57 Å². The van der Waals surface area contributed by atoms with Gasteiger partial charge in [0.1, 0.15) is 0 Å². The average molecular weight is 717 g/mol. The molecule has 1 heterocycles. The second kappa shape index (κ2) is 14.6. The summed E-state index contributed by atoms with van der Waals surface area (Å²) in [6, 6.07) is 76.9. The SMILES string of the molecule is C1=Cc2c(c3ccc(-c4ccccc4)cc3n2-c2ccccc2)C(c2cccc(N(c3ccccc3-c3ccccc3)c3ccccc3-c3ccccc3)c2)C1. The molecule has 0 radical (unpaired) electrons. The molecule has 0 fully saturated rings. The van der Waals surface area contributed by atoms with Gasteiger partial charge >= 0.3 is 0 Å². The zero-order valence-electron chi connectivity index (χ0n) is 31.0. The average Bonchev–Trinajstić information content (AvgIpc) is 3.62. The summed E-state index contributed by atoms with van der Waals surface area (Å²) in [5.74, 6) is 0.167. The summed E-state index contributed by atoms with van der Waals surface area (Å²) < 4.78 is 2.46. The lowest BCUT2D eigenvalue weighted by molar-refractivity contribution is 0.819. The first-order chi connectivity index (χ1) is 27.8. The fraction of sp³-hybridized carbons (Fsp3) is 0.0370. The van der Waals surface area contributed by atoms with Gasteiger partial charge in [-0.3, -0.25) is 0 Å². The van der Waals surface area contributed by atoms with E-state index >= 15 is 0 Å². The van der Waals surface area contributed by atoms with Crippen LogP contribution in [0.5, 0.6) is 0 Å². The van der Waals surface area contributed by atoms with Crippen LogP contribution < -0.4 is 4.90 Å². The highest BCUT2D eigenvalue weighted by atomic mass is 15.1. The van der Waals surface area contributed by atoms with Gasteiger partial charge in [-0.2, -0.15) is 0 Å². The predicted molar refractivity (Wildman–Crippen MR) is 236 cm³/mol. The maximum Gasteiger partial charge on any atom is 0.0544 e. The highest BCUT2D eigenvalue weighted by Crippen LogP contribution is 2.48. The number of para-hydroxylation sites is 3. The first kappa shape index (κ1) is 33.4. The van der Waals surface area contributed by atoms with E-state index in [1.165, 1.54) is 66.8 Å². The van der Waals surface area contributed by atoms with Crippen molar-refractivity contribution in [3.05, 3.63) is 235 Å². The normalized spacial score (nSPS) is 13.4. The molecule has 0 spiro atoms. The van der Waals surface area contributed by atoms with Crippen molar-refractivity contribution in [3.63, 3.8) is 0 Å². The quantitative estimate of drug-likeness (QED) is 0.152. The summed E-state index contributed by atoms with van der Waals surface area (Å²) in [6.45, 7) is 0. The molecule has 56 heavy (non-hydrogen) atoms. The van der Waals surface area contributed by atoms with Crippen LogP contribution >= 0.6 is 0 Å². The predicted octanol–water partition coefficient (Wildman–Crippen LogP) is 14.7. The van der Waals surface area contributed by atoms with Crippen LogP contribution in [0.2, 0.25) is 0 Å². The number of hydrogen-bond acceptors (Lipinski definition) is 1. The van der Waals surface area contributed by atoms with Gasteiger partial charge in [0.05, 0.1) is 22.6 Å². The molecule has 1 atom stereocenters. The van der Waals surface area contributed by atoms with E-state index in [9.17, 15) is 0 Å². The minimum Gasteiger partial charge on any atom is -0.310 e. The number of nitrogens with zero attached hydrogens (tertiary/aromatic N) is 2. The highest BCUT2D eigenvalue weighted by Gasteiger charge is 2.28. The molecule has 10 rings (SSSR count). The fourth-order valence-corrected chi connectivity index (χ4v) is 8.61. The van der Waals surface area contributed by atoms with Crippen LogP contribution in [0.4, 0.5) is 17.1 Å². The molecule has 2 nitrogen and oxygen atoms in total. The van der Waals surface area contributed by atoms with E-state index in [-0.39, 0.29) is 5.92 Å². The Labute approximate surface area is 328 Å². The zero-order valence-corrected chi connectivity index (χ0v) is 31.0. The molecule has 0 amide bonds. The third-order valence-corrected chi connectivity index (χ3v) is 11.2. The van der Waals surface area contributed by atoms with Gasteiger partial charge in [-0.1, -0.05) is 176 Å². The Balaban J connectivity index is 1.17. The van der Waals surface area contributed by atoms with Gasteiger partial charge in [0.15, 0.2) is 0 Å². The van der Waals surface area contributed by atoms with Crippen molar-refractivity contribution in [1.29, 1.82) is 0 Å². The van der Waals surface area contributed by atoms with Crippen LogP contribution in [0.3, 0.4) is 0 Å². The Kier molecular flexibility index (Phi) is 8.70. The van der Waals surface area contributed by atoms with E-state index in [4.69, 9.17) is 0 Å². The molecule has 1 aliphatic carbocycles.